The number of carbonyl (C=O) groups excluding carboxylic acids is 2. The van der Waals surface area contributed by atoms with Gasteiger partial charge in [0.25, 0.3) is 5.91 Å². The summed E-state index contributed by atoms with van der Waals surface area (Å²) in [6.45, 7) is 3.18. The van der Waals surface area contributed by atoms with Crippen LogP contribution in [0.1, 0.15) is 22.2 Å². The minimum absolute atomic E-state index is 0.0731. The number of hydrogen-bond donors (Lipinski definition) is 1. The molecule has 0 aliphatic carbocycles. The van der Waals surface area contributed by atoms with E-state index in [0.29, 0.717) is 35.4 Å². The minimum atomic E-state index is -0.538. The lowest BCUT2D eigenvalue weighted by Gasteiger charge is -2.39. The van der Waals surface area contributed by atoms with Gasteiger partial charge in [0.2, 0.25) is 5.91 Å². The number of carbonyl (C=O) groups is 2. The number of fused-ring (bicyclic) bond motifs is 2. The van der Waals surface area contributed by atoms with E-state index < -0.39 is 6.04 Å². The van der Waals surface area contributed by atoms with E-state index in [1.165, 1.54) is 17.7 Å². The molecule has 2 aromatic carbocycles. The number of amides is 2. The van der Waals surface area contributed by atoms with Gasteiger partial charge in [0.1, 0.15) is 18.2 Å². The summed E-state index contributed by atoms with van der Waals surface area (Å²) in [5.74, 6) is 0.235. The molecule has 5 rings (SSSR count). The molecule has 3 heterocycles. The van der Waals surface area contributed by atoms with Crippen molar-refractivity contribution in [2.45, 2.75) is 19.5 Å². The van der Waals surface area contributed by atoms with Crippen LogP contribution in [0.3, 0.4) is 0 Å². The van der Waals surface area contributed by atoms with Crippen molar-refractivity contribution in [2.75, 3.05) is 18.8 Å². The van der Waals surface area contributed by atoms with Gasteiger partial charge in [0.15, 0.2) is 0 Å². The molecule has 32 heavy (non-hydrogen) atoms. The van der Waals surface area contributed by atoms with Gasteiger partial charge in [-0.05, 0) is 48.2 Å². The van der Waals surface area contributed by atoms with Crippen molar-refractivity contribution in [1.82, 2.24) is 19.8 Å². The molecule has 1 saturated heterocycles. The molecule has 1 aliphatic rings. The number of nitrogens with zero attached hydrogens (tertiary/aromatic N) is 4. The third kappa shape index (κ3) is 3.65. The van der Waals surface area contributed by atoms with Crippen LogP contribution in [0.4, 0.5) is 5.82 Å². The first-order valence-corrected chi connectivity index (χ1v) is 11.4. The fourth-order valence-electron chi connectivity index (χ4n) is 4.06. The van der Waals surface area contributed by atoms with Gasteiger partial charge in [0.05, 0.1) is 10.4 Å². The molecule has 2 amide bonds. The van der Waals surface area contributed by atoms with Crippen molar-refractivity contribution < 1.29 is 9.59 Å². The Kier molecular flexibility index (Phi) is 5.19. The molecule has 1 fully saturated rings. The van der Waals surface area contributed by atoms with Crippen LogP contribution in [0.5, 0.6) is 0 Å². The number of benzene rings is 2. The van der Waals surface area contributed by atoms with E-state index >= 15 is 0 Å². The van der Waals surface area contributed by atoms with Crippen LogP contribution in [0.2, 0.25) is 5.02 Å². The van der Waals surface area contributed by atoms with Crippen molar-refractivity contribution in [3.63, 3.8) is 0 Å². The predicted molar refractivity (Wildman–Crippen MR) is 127 cm³/mol. The Morgan fingerprint density at radius 2 is 2.03 bits per heavy atom. The molecular weight excluding hydrogens is 446 g/mol. The van der Waals surface area contributed by atoms with E-state index in [0.717, 1.165) is 26.6 Å². The Bertz CT molecular complexity index is 1370. The summed E-state index contributed by atoms with van der Waals surface area (Å²) < 4.78 is 0.958. The number of thiophene rings is 1. The lowest BCUT2D eigenvalue weighted by molar-refractivity contribution is -0.140. The van der Waals surface area contributed by atoms with Gasteiger partial charge in [0, 0.05) is 34.7 Å². The van der Waals surface area contributed by atoms with E-state index in [2.05, 4.69) is 9.97 Å². The van der Waals surface area contributed by atoms with Gasteiger partial charge >= 0.3 is 0 Å². The van der Waals surface area contributed by atoms with E-state index in [4.69, 9.17) is 17.3 Å². The van der Waals surface area contributed by atoms with Gasteiger partial charge in [-0.2, -0.15) is 0 Å². The van der Waals surface area contributed by atoms with E-state index in [-0.39, 0.29) is 11.8 Å². The first-order valence-electron chi connectivity index (χ1n) is 10.2. The van der Waals surface area contributed by atoms with Crippen LogP contribution in [0.25, 0.3) is 21.0 Å². The van der Waals surface area contributed by atoms with Crippen molar-refractivity contribution in [1.29, 1.82) is 0 Å². The molecule has 1 aliphatic heterocycles. The topological polar surface area (TPSA) is 92.4 Å². The molecule has 0 saturated carbocycles. The van der Waals surface area contributed by atoms with Crippen LogP contribution in [0.15, 0.2) is 48.8 Å². The van der Waals surface area contributed by atoms with Crippen LogP contribution in [-0.2, 0) is 11.3 Å². The van der Waals surface area contributed by atoms with Crippen LogP contribution < -0.4 is 5.73 Å². The molecule has 4 aromatic rings. The Labute approximate surface area is 193 Å². The van der Waals surface area contributed by atoms with E-state index in [1.807, 2.05) is 42.5 Å². The van der Waals surface area contributed by atoms with Crippen molar-refractivity contribution in [3.05, 3.63) is 64.3 Å². The molecule has 7 nitrogen and oxygen atoms in total. The number of rotatable bonds is 3. The Balaban J connectivity index is 1.32. The molecule has 0 unspecified atom stereocenters. The second-order valence-electron chi connectivity index (χ2n) is 7.84. The SMILES string of the molecule is C[C@H]1C(=O)N(Cc2ccc3c(N)ncnc3c2)CCN1C(=O)c1cc2ccc(Cl)cc2s1. The minimum Gasteiger partial charge on any atom is -0.383 e. The molecule has 2 N–H and O–H groups in total. The maximum Gasteiger partial charge on any atom is 0.264 e. The summed E-state index contributed by atoms with van der Waals surface area (Å²) in [6.07, 6.45) is 1.43. The summed E-state index contributed by atoms with van der Waals surface area (Å²) >= 11 is 7.47. The average Bonchev–Trinajstić information content (AvgIpc) is 3.20. The van der Waals surface area contributed by atoms with Crippen LogP contribution >= 0.6 is 22.9 Å². The highest BCUT2D eigenvalue weighted by molar-refractivity contribution is 7.20. The molecule has 2 aromatic heterocycles. The lowest BCUT2D eigenvalue weighted by Crippen LogP contribution is -2.57. The first-order chi connectivity index (χ1) is 15.4. The zero-order chi connectivity index (χ0) is 22.4. The maximum absolute atomic E-state index is 13.2. The third-order valence-electron chi connectivity index (χ3n) is 5.81. The van der Waals surface area contributed by atoms with Crippen LogP contribution in [0, 0.1) is 0 Å². The maximum atomic E-state index is 13.2. The summed E-state index contributed by atoms with van der Waals surface area (Å²) in [5, 5.41) is 2.40. The average molecular weight is 466 g/mol. The van der Waals surface area contributed by atoms with Crippen LogP contribution in [-0.4, -0.2) is 50.7 Å². The quantitative estimate of drug-likeness (QED) is 0.494. The molecule has 0 radical (unpaired) electrons. The highest BCUT2D eigenvalue weighted by Crippen LogP contribution is 2.30. The van der Waals surface area contributed by atoms with E-state index in [9.17, 15) is 9.59 Å². The van der Waals surface area contributed by atoms with Gasteiger partial charge in [-0.3, -0.25) is 9.59 Å². The third-order valence-corrected chi connectivity index (χ3v) is 7.13. The second-order valence-corrected chi connectivity index (χ2v) is 9.36. The highest BCUT2D eigenvalue weighted by atomic mass is 35.5. The molecule has 9 heteroatoms. The first kappa shape index (κ1) is 20.7. The summed E-state index contributed by atoms with van der Waals surface area (Å²) in [5.41, 5.74) is 7.60. The van der Waals surface area contributed by atoms with Gasteiger partial charge < -0.3 is 15.5 Å². The monoisotopic (exact) mass is 465 g/mol. The normalized spacial score (nSPS) is 16.8. The van der Waals surface area contributed by atoms with Gasteiger partial charge in [-0.15, -0.1) is 11.3 Å². The smallest absolute Gasteiger partial charge is 0.264 e. The summed E-state index contributed by atoms with van der Waals surface area (Å²) in [7, 11) is 0. The molecule has 162 valence electrons. The molecule has 1 atom stereocenters. The number of nitrogens with two attached hydrogens (primary N) is 1. The number of nitrogen functional groups attached to an aromatic ring is 1. The molecular formula is C23H20ClN5O2S. The van der Waals surface area contributed by atoms with Crippen molar-refractivity contribution >= 4 is 61.6 Å². The number of aromatic nitrogens is 2. The Morgan fingerprint density at radius 3 is 2.88 bits per heavy atom. The number of piperazine rings is 1. The van der Waals surface area contributed by atoms with Gasteiger partial charge in [-0.25, -0.2) is 9.97 Å². The fourth-order valence-corrected chi connectivity index (χ4v) is 5.35. The van der Waals surface area contributed by atoms with Gasteiger partial charge in [-0.1, -0.05) is 23.7 Å². The Hall–Kier alpha value is -3.23. The highest BCUT2D eigenvalue weighted by Gasteiger charge is 2.35. The zero-order valence-corrected chi connectivity index (χ0v) is 18.9. The molecule has 0 spiro atoms. The van der Waals surface area contributed by atoms with Crippen molar-refractivity contribution in [2.24, 2.45) is 0 Å². The number of halogens is 1. The predicted octanol–water partition coefficient (Wildman–Crippen LogP) is 3.95. The van der Waals surface area contributed by atoms with Crippen molar-refractivity contribution in [3.8, 4) is 0 Å². The second kappa shape index (κ2) is 8.03. The number of hydrogen-bond acceptors (Lipinski definition) is 6. The lowest BCUT2D eigenvalue weighted by atomic mass is 10.1. The van der Waals surface area contributed by atoms with E-state index in [1.54, 1.807) is 16.7 Å². The summed E-state index contributed by atoms with van der Waals surface area (Å²) in [4.78, 5) is 38.6. The largest absolute Gasteiger partial charge is 0.383 e. The Morgan fingerprint density at radius 1 is 1.19 bits per heavy atom. The molecule has 0 bridgehead atoms. The summed E-state index contributed by atoms with van der Waals surface area (Å²) in [6, 6.07) is 12.6. The number of anilines is 1. The zero-order valence-electron chi connectivity index (χ0n) is 17.3. The fraction of sp³-hybridized carbons (Fsp3) is 0.217. The standard InChI is InChI=1S/C23H20ClN5O2S/c1-13-22(30)28(11-14-2-5-17-18(8-14)26-12-27-21(17)25)6-7-29(13)23(31)20-9-15-3-4-16(24)10-19(15)32-20/h2-5,8-10,12-13H,6-7,11H2,1H3,(H2,25,26,27)/t13-/m0/s1.